The summed E-state index contributed by atoms with van der Waals surface area (Å²) in [6, 6.07) is 16.5. The zero-order valence-corrected chi connectivity index (χ0v) is 14.7. The molecule has 3 aromatic rings. The lowest BCUT2D eigenvalue weighted by atomic mass is 10.0. The number of fused-ring (bicyclic) bond motifs is 4. The van der Waals surface area contributed by atoms with Gasteiger partial charge in [0.2, 0.25) is 0 Å². The Morgan fingerprint density at radius 2 is 1.84 bits per heavy atom. The normalized spacial score (nSPS) is 19.3. The van der Waals surface area contributed by atoms with Crippen molar-refractivity contribution in [3.05, 3.63) is 59.8 Å². The van der Waals surface area contributed by atoms with Crippen LogP contribution in [-0.4, -0.2) is 35.7 Å². The number of ether oxygens (including phenoxy) is 2. The van der Waals surface area contributed by atoms with Crippen molar-refractivity contribution < 1.29 is 9.47 Å². The molecule has 1 atom stereocenters. The fraction of sp³-hybridized carbons (Fsp3) is 0.300. The Labute approximate surface area is 153 Å². The Morgan fingerprint density at radius 1 is 1.04 bits per heavy atom. The van der Waals surface area contributed by atoms with E-state index in [1.54, 1.807) is 0 Å². The standard InChI is InChI=1S/C20H20N2O2.ClH/c1-2-6-17-15(5-1)16-12-22(10-9-18(16)21-17)11-14-13-23-19-7-3-4-8-20(19)24-14;/h1-8,14,21H,9-13H2;1H. The van der Waals surface area contributed by atoms with Crippen LogP contribution >= 0.6 is 12.4 Å². The highest BCUT2D eigenvalue weighted by atomic mass is 35.5. The highest BCUT2D eigenvalue weighted by Crippen LogP contribution is 2.32. The van der Waals surface area contributed by atoms with Crippen molar-refractivity contribution in [1.29, 1.82) is 0 Å². The van der Waals surface area contributed by atoms with Crippen LogP contribution < -0.4 is 9.47 Å². The van der Waals surface area contributed by atoms with E-state index in [1.807, 2.05) is 24.3 Å². The third-order valence-corrected chi connectivity index (χ3v) is 4.99. The van der Waals surface area contributed by atoms with E-state index in [4.69, 9.17) is 9.47 Å². The van der Waals surface area contributed by atoms with E-state index in [9.17, 15) is 0 Å². The van der Waals surface area contributed by atoms with Gasteiger partial charge >= 0.3 is 0 Å². The van der Waals surface area contributed by atoms with Gasteiger partial charge in [-0.3, -0.25) is 4.90 Å². The first-order chi connectivity index (χ1) is 11.9. The van der Waals surface area contributed by atoms with Crippen LogP contribution in [0.1, 0.15) is 11.3 Å². The molecule has 1 unspecified atom stereocenters. The quantitative estimate of drug-likeness (QED) is 0.759. The van der Waals surface area contributed by atoms with Crippen LogP contribution in [0.2, 0.25) is 0 Å². The van der Waals surface area contributed by atoms with Gasteiger partial charge in [0, 0.05) is 42.7 Å². The van der Waals surface area contributed by atoms with Gasteiger partial charge in [0.15, 0.2) is 11.5 Å². The van der Waals surface area contributed by atoms with Crippen LogP contribution in [0, 0.1) is 0 Å². The summed E-state index contributed by atoms with van der Waals surface area (Å²) < 4.78 is 12.0. The number of hydrogen-bond donors (Lipinski definition) is 1. The van der Waals surface area contributed by atoms with Gasteiger partial charge in [-0.05, 0) is 23.8 Å². The fourth-order valence-electron chi connectivity index (χ4n) is 3.82. The van der Waals surface area contributed by atoms with Crippen molar-refractivity contribution in [2.75, 3.05) is 19.7 Å². The van der Waals surface area contributed by atoms with Crippen LogP contribution in [0.5, 0.6) is 11.5 Å². The number of benzene rings is 2. The summed E-state index contributed by atoms with van der Waals surface area (Å²) in [6.07, 6.45) is 1.15. The minimum atomic E-state index is 0. The van der Waals surface area contributed by atoms with E-state index >= 15 is 0 Å². The van der Waals surface area contributed by atoms with Gasteiger partial charge in [-0.2, -0.15) is 0 Å². The number of H-pyrrole nitrogens is 1. The summed E-state index contributed by atoms with van der Waals surface area (Å²) in [5.74, 6) is 1.71. The average molecular weight is 357 g/mol. The Bertz CT molecular complexity index is 892. The number of aromatic amines is 1. The van der Waals surface area contributed by atoms with E-state index in [0.717, 1.165) is 37.6 Å². The van der Waals surface area contributed by atoms with Gasteiger partial charge in [0.25, 0.3) is 0 Å². The van der Waals surface area contributed by atoms with E-state index in [-0.39, 0.29) is 18.5 Å². The summed E-state index contributed by atoms with van der Waals surface area (Å²) in [6.45, 7) is 3.55. The molecule has 1 aromatic heterocycles. The SMILES string of the molecule is Cl.c1ccc2c(c1)OCC(CN1CCc3[nH]c4ccccc4c3C1)O2. The molecule has 2 aromatic carbocycles. The van der Waals surface area contributed by atoms with E-state index in [2.05, 4.69) is 34.1 Å². The number of halogens is 1. The molecule has 0 aliphatic carbocycles. The lowest BCUT2D eigenvalue weighted by Gasteiger charge is -2.33. The van der Waals surface area contributed by atoms with Crippen molar-refractivity contribution in [3.8, 4) is 11.5 Å². The maximum atomic E-state index is 6.12. The highest BCUT2D eigenvalue weighted by molar-refractivity contribution is 5.85. The Hall–Kier alpha value is -2.17. The largest absolute Gasteiger partial charge is 0.486 e. The molecule has 0 bridgehead atoms. The minimum Gasteiger partial charge on any atom is -0.486 e. The van der Waals surface area contributed by atoms with Crippen LogP contribution in [0.3, 0.4) is 0 Å². The number of nitrogens with one attached hydrogen (secondary N) is 1. The van der Waals surface area contributed by atoms with Gasteiger partial charge < -0.3 is 14.5 Å². The minimum absolute atomic E-state index is 0. The molecule has 5 rings (SSSR count). The van der Waals surface area contributed by atoms with Gasteiger partial charge in [0.1, 0.15) is 12.7 Å². The van der Waals surface area contributed by atoms with Gasteiger partial charge in [-0.25, -0.2) is 0 Å². The zero-order chi connectivity index (χ0) is 15.9. The molecule has 4 nitrogen and oxygen atoms in total. The fourth-order valence-corrected chi connectivity index (χ4v) is 3.82. The molecular weight excluding hydrogens is 336 g/mol. The van der Waals surface area contributed by atoms with Crippen molar-refractivity contribution >= 4 is 23.3 Å². The van der Waals surface area contributed by atoms with Crippen LogP contribution in [0.15, 0.2) is 48.5 Å². The molecule has 0 saturated heterocycles. The summed E-state index contributed by atoms with van der Waals surface area (Å²) in [5, 5.41) is 1.35. The molecule has 0 radical (unpaired) electrons. The smallest absolute Gasteiger partial charge is 0.161 e. The molecule has 0 saturated carbocycles. The second kappa shape index (κ2) is 6.62. The Morgan fingerprint density at radius 3 is 2.76 bits per heavy atom. The molecule has 5 heteroatoms. The second-order valence-corrected chi connectivity index (χ2v) is 6.61. The average Bonchev–Trinajstić information content (AvgIpc) is 3.00. The van der Waals surface area contributed by atoms with Crippen LogP contribution in [0.25, 0.3) is 10.9 Å². The van der Waals surface area contributed by atoms with E-state index < -0.39 is 0 Å². The first-order valence-electron chi connectivity index (χ1n) is 8.56. The molecule has 2 aliphatic heterocycles. The van der Waals surface area contributed by atoms with Gasteiger partial charge in [-0.15, -0.1) is 12.4 Å². The lowest BCUT2D eigenvalue weighted by molar-refractivity contribution is 0.0550. The lowest BCUT2D eigenvalue weighted by Crippen LogP contribution is -2.42. The topological polar surface area (TPSA) is 37.5 Å². The van der Waals surface area contributed by atoms with E-state index in [0.29, 0.717) is 6.61 Å². The number of para-hydroxylation sites is 3. The summed E-state index contributed by atoms with van der Waals surface area (Å²) in [4.78, 5) is 6.05. The summed E-state index contributed by atoms with van der Waals surface area (Å²) >= 11 is 0. The van der Waals surface area contributed by atoms with Crippen molar-refractivity contribution in [3.63, 3.8) is 0 Å². The first-order valence-corrected chi connectivity index (χ1v) is 8.56. The van der Waals surface area contributed by atoms with Crippen molar-refractivity contribution in [2.45, 2.75) is 19.1 Å². The van der Waals surface area contributed by atoms with Crippen molar-refractivity contribution in [1.82, 2.24) is 9.88 Å². The molecule has 0 amide bonds. The van der Waals surface area contributed by atoms with Crippen molar-refractivity contribution in [2.24, 2.45) is 0 Å². The summed E-state index contributed by atoms with van der Waals surface area (Å²) in [7, 11) is 0. The predicted molar refractivity (Wildman–Crippen MR) is 101 cm³/mol. The Kier molecular flexibility index (Phi) is 4.32. The predicted octanol–water partition coefficient (Wildman–Crippen LogP) is 3.79. The van der Waals surface area contributed by atoms with Crippen LogP contribution in [0.4, 0.5) is 0 Å². The molecular formula is C20H21ClN2O2. The zero-order valence-electron chi connectivity index (χ0n) is 13.9. The molecule has 1 N–H and O–H groups in total. The van der Waals surface area contributed by atoms with Gasteiger partial charge in [-0.1, -0.05) is 30.3 Å². The van der Waals surface area contributed by atoms with Gasteiger partial charge in [0.05, 0.1) is 0 Å². The maximum absolute atomic E-state index is 6.12. The third-order valence-electron chi connectivity index (χ3n) is 4.99. The van der Waals surface area contributed by atoms with Crippen LogP contribution in [-0.2, 0) is 13.0 Å². The molecule has 3 heterocycles. The molecule has 130 valence electrons. The number of hydrogen-bond acceptors (Lipinski definition) is 3. The second-order valence-electron chi connectivity index (χ2n) is 6.61. The Balaban J connectivity index is 0.00000157. The summed E-state index contributed by atoms with van der Waals surface area (Å²) in [5.41, 5.74) is 4.07. The number of aromatic nitrogens is 1. The third kappa shape index (κ3) is 2.96. The highest BCUT2D eigenvalue weighted by Gasteiger charge is 2.26. The number of rotatable bonds is 2. The number of nitrogens with zero attached hydrogens (tertiary/aromatic N) is 1. The maximum Gasteiger partial charge on any atom is 0.161 e. The molecule has 2 aliphatic rings. The molecule has 0 spiro atoms. The first kappa shape index (κ1) is 16.3. The molecule has 0 fully saturated rings. The monoisotopic (exact) mass is 356 g/mol. The van der Waals surface area contributed by atoms with E-state index in [1.165, 1.54) is 22.2 Å². The molecule has 25 heavy (non-hydrogen) atoms.